The number of rotatable bonds is 4. The molecular weight excluding hydrogens is 405 g/mol. The molecule has 1 aromatic carbocycles. The fraction of sp³-hybridized carbons (Fsp3) is 0.190. The summed E-state index contributed by atoms with van der Waals surface area (Å²) < 4.78 is 64.6. The van der Waals surface area contributed by atoms with Crippen molar-refractivity contribution in [3.05, 3.63) is 83.3 Å². The molecule has 4 nitrogen and oxygen atoms in total. The number of hydrogen-bond acceptors (Lipinski definition) is 3. The van der Waals surface area contributed by atoms with Crippen LogP contribution in [0.4, 0.5) is 22.0 Å². The first-order valence-electron chi connectivity index (χ1n) is 8.77. The van der Waals surface area contributed by atoms with E-state index in [1.54, 1.807) is 38.1 Å². The molecule has 1 amide bonds. The number of pyridine rings is 2. The second kappa shape index (κ2) is 7.81. The molecule has 0 fully saturated rings. The number of halogens is 5. The van der Waals surface area contributed by atoms with Gasteiger partial charge in [0.15, 0.2) is 0 Å². The molecule has 2 heterocycles. The van der Waals surface area contributed by atoms with E-state index in [9.17, 15) is 26.7 Å². The molecule has 0 aliphatic heterocycles. The van der Waals surface area contributed by atoms with E-state index in [1.165, 1.54) is 18.2 Å². The zero-order chi connectivity index (χ0) is 22.1. The van der Waals surface area contributed by atoms with E-state index in [0.717, 1.165) is 17.4 Å². The highest BCUT2D eigenvalue weighted by Gasteiger charge is 2.32. The Bertz CT molecular complexity index is 1100. The van der Waals surface area contributed by atoms with E-state index < -0.39 is 35.0 Å². The van der Waals surface area contributed by atoms with Gasteiger partial charge in [-0.05, 0) is 50.2 Å². The van der Waals surface area contributed by atoms with Gasteiger partial charge in [-0.3, -0.25) is 15.1 Å². The minimum absolute atomic E-state index is 0.0975. The van der Waals surface area contributed by atoms with Crippen molar-refractivity contribution in [2.24, 2.45) is 0 Å². The predicted molar refractivity (Wildman–Crippen MR) is 99.5 cm³/mol. The van der Waals surface area contributed by atoms with Crippen molar-refractivity contribution in [2.45, 2.75) is 25.6 Å². The van der Waals surface area contributed by atoms with Crippen LogP contribution < -0.4 is 5.32 Å². The van der Waals surface area contributed by atoms with Gasteiger partial charge in [0.2, 0.25) is 0 Å². The summed E-state index contributed by atoms with van der Waals surface area (Å²) in [5.74, 6) is -2.87. The lowest BCUT2D eigenvalue weighted by Crippen LogP contribution is -2.38. The number of carbonyl (C=O) groups excluding carboxylic acids is 1. The minimum Gasteiger partial charge on any atom is -0.267 e. The molecule has 0 aliphatic carbocycles. The van der Waals surface area contributed by atoms with Crippen LogP contribution in [0.2, 0.25) is 0 Å². The topological polar surface area (TPSA) is 54.9 Å². The molecule has 0 atom stereocenters. The molecule has 3 aromatic rings. The summed E-state index contributed by atoms with van der Waals surface area (Å²) in [6.45, 7) is 3.43. The van der Waals surface area contributed by atoms with E-state index in [1.807, 2.05) is 0 Å². The van der Waals surface area contributed by atoms with Crippen LogP contribution in [0, 0.1) is 11.6 Å². The molecule has 9 heteroatoms. The Balaban J connectivity index is 1.98. The Hall–Kier alpha value is -3.36. The van der Waals surface area contributed by atoms with Crippen molar-refractivity contribution in [3.63, 3.8) is 0 Å². The molecule has 1 N–H and O–H groups in total. The van der Waals surface area contributed by atoms with E-state index in [4.69, 9.17) is 0 Å². The summed E-state index contributed by atoms with van der Waals surface area (Å²) in [6, 6.07) is 12.1. The van der Waals surface area contributed by atoms with Crippen molar-refractivity contribution in [1.82, 2.24) is 15.3 Å². The molecule has 156 valence electrons. The van der Waals surface area contributed by atoms with Gasteiger partial charge in [0.05, 0.1) is 17.1 Å². The fourth-order valence-corrected chi connectivity index (χ4v) is 2.86. The summed E-state index contributed by atoms with van der Waals surface area (Å²) in [5.41, 5.74) is -0.254. The average molecular weight is 421 g/mol. The Morgan fingerprint density at radius 3 is 2.17 bits per heavy atom. The predicted octanol–water partition coefficient (Wildman–Crippen LogP) is 5.00. The molecule has 0 saturated carbocycles. The molecule has 30 heavy (non-hydrogen) atoms. The molecule has 3 rings (SSSR count). The van der Waals surface area contributed by atoms with E-state index in [2.05, 4.69) is 9.97 Å². The van der Waals surface area contributed by atoms with Crippen molar-refractivity contribution in [2.75, 3.05) is 0 Å². The number of nitrogens with one attached hydrogen (secondary N) is 1. The van der Waals surface area contributed by atoms with Gasteiger partial charge in [0, 0.05) is 17.0 Å². The first kappa shape index (κ1) is 21.4. The summed E-state index contributed by atoms with van der Waals surface area (Å²) >= 11 is 0. The molecule has 0 radical (unpaired) electrons. The third-order valence-electron chi connectivity index (χ3n) is 4.47. The molecule has 0 spiro atoms. The zero-order valence-electron chi connectivity index (χ0n) is 15.9. The van der Waals surface area contributed by atoms with Gasteiger partial charge in [0.25, 0.3) is 5.91 Å². The lowest BCUT2D eigenvalue weighted by atomic mass is 9.84. The number of nitrogens with zero attached hydrogens (tertiary/aromatic N) is 2. The summed E-state index contributed by atoms with van der Waals surface area (Å²) in [7, 11) is 0. The summed E-state index contributed by atoms with van der Waals surface area (Å²) in [5, 5.41) is 0.906. The van der Waals surface area contributed by atoms with Gasteiger partial charge >= 0.3 is 6.30 Å². The molecule has 0 aliphatic rings. The van der Waals surface area contributed by atoms with Crippen LogP contribution in [0.3, 0.4) is 0 Å². The third kappa shape index (κ3) is 4.61. The van der Waals surface area contributed by atoms with Crippen LogP contribution in [-0.4, -0.2) is 22.2 Å². The quantitative estimate of drug-likeness (QED) is 0.477. The van der Waals surface area contributed by atoms with Crippen LogP contribution in [0.15, 0.2) is 54.6 Å². The normalized spacial score (nSPS) is 12.0. The lowest BCUT2D eigenvalue weighted by Gasteiger charge is -2.24. The second-order valence-electron chi connectivity index (χ2n) is 7.02. The molecule has 0 saturated heterocycles. The number of carbonyl (C=O) groups is 1. The van der Waals surface area contributed by atoms with Crippen molar-refractivity contribution < 1.29 is 26.7 Å². The van der Waals surface area contributed by atoms with Crippen LogP contribution in [0.5, 0.6) is 0 Å². The van der Waals surface area contributed by atoms with Crippen LogP contribution in [0.25, 0.3) is 11.3 Å². The molecule has 2 aromatic heterocycles. The van der Waals surface area contributed by atoms with Crippen LogP contribution in [0.1, 0.15) is 35.7 Å². The largest absolute Gasteiger partial charge is 0.484 e. The Labute approximate surface area is 168 Å². The molecule has 0 unspecified atom stereocenters. The van der Waals surface area contributed by atoms with Crippen molar-refractivity contribution in [1.29, 1.82) is 0 Å². The second-order valence-corrected chi connectivity index (χ2v) is 7.02. The first-order chi connectivity index (χ1) is 14.0. The van der Waals surface area contributed by atoms with Gasteiger partial charge in [0.1, 0.15) is 17.3 Å². The maximum Gasteiger partial charge on any atom is 0.484 e. The zero-order valence-corrected chi connectivity index (χ0v) is 15.9. The monoisotopic (exact) mass is 421 g/mol. The van der Waals surface area contributed by atoms with Gasteiger partial charge < -0.3 is 0 Å². The maximum atomic E-state index is 14.1. The summed E-state index contributed by atoms with van der Waals surface area (Å²) in [6.07, 6.45) is -4.88. The Kier molecular flexibility index (Phi) is 5.56. The number of amides is 1. The molecular formula is C21H16F5N3O. The van der Waals surface area contributed by atoms with Crippen molar-refractivity contribution >= 4 is 5.91 Å². The van der Waals surface area contributed by atoms with Gasteiger partial charge in [-0.15, -0.1) is 0 Å². The first-order valence-corrected chi connectivity index (χ1v) is 8.77. The van der Waals surface area contributed by atoms with Crippen LogP contribution >= 0.6 is 0 Å². The highest BCUT2D eigenvalue weighted by Crippen LogP contribution is 2.31. The molecule has 0 bridgehead atoms. The number of alkyl halides is 3. The number of hydrogen-bond donors (Lipinski definition) is 1. The standard InChI is InChI=1S/C21H16F5N3O/c1-20(2,18-8-4-6-16(28-18)19(30)29-21(24,25)26)17-7-3-5-15(27-17)13-10-9-12(22)11-14(13)23/h3-11H,1-2H3,(H,29,30). The highest BCUT2D eigenvalue weighted by molar-refractivity contribution is 5.92. The van der Waals surface area contributed by atoms with E-state index in [0.29, 0.717) is 11.4 Å². The fourth-order valence-electron chi connectivity index (χ4n) is 2.86. The minimum atomic E-state index is -4.88. The smallest absolute Gasteiger partial charge is 0.267 e. The maximum absolute atomic E-state index is 14.1. The van der Waals surface area contributed by atoms with Crippen LogP contribution in [-0.2, 0) is 5.41 Å². The van der Waals surface area contributed by atoms with Gasteiger partial charge in [-0.1, -0.05) is 12.1 Å². The highest BCUT2D eigenvalue weighted by atomic mass is 19.4. The van der Waals surface area contributed by atoms with Gasteiger partial charge in [-0.2, -0.15) is 13.2 Å². The third-order valence-corrected chi connectivity index (χ3v) is 4.47. The Morgan fingerprint density at radius 2 is 1.53 bits per heavy atom. The summed E-state index contributed by atoms with van der Waals surface area (Å²) in [4.78, 5) is 20.3. The SMILES string of the molecule is CC(C)(c1cccc(C(=O)NC(F)(F)F)n1)c1cccc(-c2ccc(F)cc2F)n1. The van der Waals surface area contributed by atoms with Crippen molar-refractivity contribution in [3.8, 4) is 11.3 Å². The van der Waals surface area contributed by atoms with E-state index >= 15 is 0 Å². The van der Waals surface area contributed by atoms with Gasteiger partial charge in [-0.25, -0.2) is 13.8 Å². The number of benzene rings is 1. The van der Waals surface area contributed by atoms with E-state index in [-0.39, 0.29) is 11.3 Å². The number of aromatic nitrogens is 2. The average Bonchev–Trinajstić information content (AvgIpc) is 2.67. The lowest BCUT2D eigenvalue weighted by molar-refractivity contribution is -0.146. The Morgan fingerprint density at radius 1 is 0.900 bits per heavy atom.